The van der Waals surface area contributed by atoms with Gasteiger partial charge in [-0.25, -0.2) is 4.98 Å². The maximum absolute atomic E-state index is 9.61. The summed E-state index contributed by atoms with van der Waals surface area (Å²) in [6, 6.07) is 13.3. The molecule has 0 spiro atoms. The van der Waals surface area contributed by atoms with Gasteiger partial charge in [-0.1, -0.05) is 24.3 Å². The molecule has 4 heteroatoms. The Morgan fingerprint density at radius 2 is 1.96 bits per heavy atom. The third-order valence-corrected chi connectivity index (χ3v) is 4.89. The molecule has 2 aromatic heterocycles. The molecule has 1 aliphatic rings. The molecule has 4 nitrogen and oxygen atoms in total. The molecule has 0 saturated heterocycles. The predicted molar refractivity (Wildman–Crippen MR) is 91.6 cm³/mol. The molecular weight excluding hydrogens is 286 g/mol. The van der Waals surface area contributed by atoms with Crippen LogP contribution in [-0.2, 0) is 19.6 Å². The molecule has 0 saturated carbocycles. The number of aliphatic hydroxyl groups is 1. The number of hydrogen-bond acceptors (Lipinski definition) is 3. The van der Waals surface area contributed by atoms with Crippen LogP contribution in [0.5, 0.6) is 0 Å². The number of aryl methyl sites for hydroxylation is 1. The normalized spacial score (nSPS) is 17.5. The lowest BCUT2D eigenvalue weighted by atomic mass is 9.94. The van der Waals surface area contributed by atoms with Crippen molar-refractivity contribution in [3.05, 3.63) is 65.1 Å². The molecule has 4 rings (SSSR count). The molecule has 1 aromatic carbocycles. The quantitative estimate of drug-likeness (QED) is 0.791. The Labute approximate surface area is 136 Å². The van der Waals surface area contributed by atoms with Crippen LogP contribution in [0.15, 0.2) is 42.6 Å². The lowest BCUT2D eigenvalue weighted by Crippen LogP contribution is -2.38. The predicted octanol–water partition coefficient (Wildman–Crippen LogP) is 3.09. The van der Waals surface area contributed by atoms with E-state index in [4.69, 9.17) is 4.98 Å². The van der Waals surface area contributed by atoms with Crippen LogP contribution >= 0.6 is 0 Å². The van der Waals surface area contributed by atoms with Crippen LogP contribution in [0.1, 0.15) is 29.4 Å². The van der Waals surface area contributed by atoms with E-state index in [0.29, 0.717) is 6.04 Å². The van der Waals surface area contributed by atoms with Gasteiger partial charge in [0.25, 0.3) is 0 Å². The molecule has 1 unspecified atom stereocenters. The smallest absolute Gasteiger partial charge is 0.161 e. The van der Waals surface area contributed by atoms with Crippen molar-refractivity contribution in [1.82, 2.24) is 9.38 Å². The van der Waals surface area contributed by atoms with E-state index in [1.165, 1.54) is 11.1 Å². The summed E-state index contributed by atoms with van der Waals surface area (Å²) in [6.07, 6.45) is 3.02. The Morgan fingerprint density at radius 3 is 2.74 bits per heavy atom. The molecule has 23 heavy (non-hydrogen) atoms. The third kappa shape index (κ3) is 2.21. The molecule has 0 bridgehead atoms. The van der Waals surface area contributed by atoms with E-state index in [1.54, 1.807) is 0 Å². The summed E-state index contributed by atoms with van der Waals surface area (Å²) < 4.78 is 2.01. The largest absolute Gasteiger partial charge is 0.390 e. The van der Waals surface area contributed by atoms with Gasteiger partial charge in [-0.2, -0.15) is 0 Å². The van der Waals surface area contributed by atoms with Gasteiger partial charge in [-0.15, -0.1) is 0 Å². The summed E-state index contributed by atoms with van der Waals surface area (Å²) in [5.74, 6) is 0. The fraction of sp³-hybridized carbons (Fsp3) is 0.316. The second-order valence-corrected chi connectivity index (χ2v) is 6.34. The van der Waals surface area contributed by atoms with Crippen LogP contribution in [0.4, 0.5) is 5.69 Å². The second-order valence-electron chi connectivity index (χ2n) is 6.34. The van der Waals surface area contributed by atoms with E-state index < -0.39 is 0 Å². The van der Waals surface area contributed by atoms with E-state index >= 15 is 0 Å². The average Bonchev–Trinajstić information content (AvgIpc) is 2.89. The molecule has 118 valence electrons. The Morgan fingerprint density at radius 1 is 1.17 bits per heavy atom. The van der Waals surface area contributed by atoms with Crippen LogP contribution in [0.2, 0.25) is 0 Å². The molecule has 1 aliphatic heterocycles. The molecule has 1 atom stereocenters. The number of imidazole rings is 1. The monoisotopic (exact) mass is 307 g/mol. The first-order valence-electron chi connectivity index (χ1n) is 8.10. The van der Waals surface area contributed by atoms with Gasteiger partial charge in [0, 0.05) is 18.8 Å². The highest BCUT2D eigenvalue weighted by molar-refractivity contribution is 5.71. The Bertz CT molecular complexity index is 868. The molecular formula is C19H21N3O. The van der Waals surface area contributed by atoms with Gasteiger partial charge in [0.15, 0.2) is 5.65 Å². The summed E-state index contributed by atoms with van der Waals surface area (Å²) in [5.41, 5.74) is 6.66. The van der Waals surface area contributed by atoms with Crippen LogP contribution in [0.3, 0.4) is 0 Å². The van der Waals surface area contributed by atoms with Gasteiger partial charge < -0.3 is 10.0 Å². The van der Waals surface area contributed by atoms with Crippen LogP contribution < -0.4 is 4.90 Å². The average molecular weight is 307 g/mol. The number of aliphatic hydroxyl groups excluding tert-OH is 1. The van der Waals surface area contributed by atoms with Gasteiger partial charge in [0.2, 0.25) is 0 Å². The fourth-order valence-corrected chi connectivity index (χ4v) is 3.63. The first kappa shape index (κ1) is 14.3. The number of fused-ring (bicyclic) bond motifs is 2. The first-order valence-corrected chi connectivity index (χ1v) is 8.10. The van der Waals surface area contributed by atoms with Crippen LogP contribution in [0.25, 0.3) is 5.65 Å². The zero-order chi connectivity index (χ0) is 16.0. The summed E-state index contributed by atoms with van der Waals surface area (Å²) >= 11 is 0. The number of benzene rings is 1. The minimum absolute atomic E-state index is 0.00877. The van der Waals surface area contributed by atoms with Gasteiger partial charge in [-0.05, 0) is 43.5 Å². The third-order valence-electron chi connectivity index (χ3n) is 4.89. The van der Waals surface area contributed by atoms with Crippen molar-refractivity contribution >= 4 is 11.3 Å². The van der Waals surface area contributed by atoms with E-state index in [2.05, 4.69) is 42.2 Å². The minimum Gasteiger partial charge on any atom is -0.390 e. The second kappa shape index (κ2) is 5.39. The number of hydrogen-bond donors (Lipinski definition) is 1. The van der Waals surface area contributed by atoms with Gasteiger partial charge in [-0.3, -0.25) is 4.40 Å². The van der Waals surface area contributed by atoms with Crippen molar-refractivity contribution in [1.29, 1.82) is 0 Å². The van der Waals surface area contributed by atoms with E-state index in [0.717, 1.165) is 35.7 Å². The Hall–Kier alpha value is -2.33. The Balaban J connectivity index is 1.83. The number of aromatic nitrogens is 2. The molecule has 3 heterocycles. The van der Waals surface area contributed by atoms with E-state index in [9.17, 15) is 5.11 Å². The summed E-state index contributed by atoms with van der Waals surface area (Å²) in [6.45, 7) is 5.13. The fourth-order valence-electron chi connectivity index (χ4n) is 3.63. The van der Waals surface area contributed by atoms with E-state index in [1.807, 2.05) is 23.6 Å². The molecule has 3 aromatic rings. The highest BCUT2D eigenvalue weighted by atomic mass is 16.3. The number of rotatable bonds is 2. The maximum atomic E-state index is 9.61. The van der Waals surface area contributed by atoms with Crippen molar-refractivity contribution in [2.45, 2.75) is 39.5 Å². The van der Waals surface area contributed by atoms with Crippen molar-refractivity contribution in [2.75, 3.05) is 4.90 Å². The van der Waals surface area contributed by atoms with Crippen molar-refractivity contribution in [3.63, 3.8) is 0 Å². The molecule has 0 fully saturated rings. The highest BCUT2D eigenvalue weighted by Gasteiger charge is 2.25. The van der Waals surface area contributed by atoms with Crippen molar-refractivity contribution in [2.24, 2.45) is 0 Å². The summed E-state index contributed by atoms with van der Waals surface area (Å²) in [5, 5.41) is 9.61. The lowest BCUT2D eigenvalue weighted by molar-refractivity contribution is 0.275. The van der Waals surface area contributed by atoms with Gasteiger partial charge in [0.05, 0.1) is 23.7 Å². The van der Waals surface area contributed by atoms with Crippen LogP contribution in [-0.4, -0.2) is 20.5 Å². The minimum atomic E-state index is 0.00877. The maximum Gasteiger partial charge on any atom is 0.161 e. The summed E-state index contributed by atoms with van der Waals surface area (Å²) in [4.78, 5) is 7.13. The van der Waals surface area contributed by atoms with E-state index in [-0.39, 0.29) is 6.61 Å². The van der Waals surface area contributed by atoms with Gasteiger partial charge in [0.1, 0.15) is 0 Å². The molecule has 0 radical (unpaired) electrons. The molecule has 0 amide bonds. The number of pyridine rings is 1. The molecule has 0 aliphatic carbocycles. The number of nitrogens with zero attached hydrogens (tertiary/aromatic N) is 3. The SMILES string of the molecule is Cc1nc2c(N3Cc4ccccc4CC3C)cccn2c1CO. The highest BCUT2D eigenvalue weighted by Crippen LogP contribution is 2.31. The molecule has 1 N–H and O–H groups in total. The summed E-state index contributed by atoms with van der Waals surface area (Å²) in [7, 11) is 0. The zero-order valence-corrected chi connectivity index (χ0v) is 13.5. The van der Waals surface area contributed by atoms with Crippen molar-refractivity contribution < 1.29 is 5.11 Å². The Kier molecular flexibility index (Phi) is 3.34. The van der Waals surface area contributed by atoms with Crippen molar-refractivity contribution in [3.8, 4) is 0 Å². The first-order chi connectivity index (χ1) is 11.2. The van der Waals surface area contributed by atoms with Crippen LogP contribution in [0, 0.1) is 6.92 Å². The van der Waals surface area contributed by atoms with Gasteiger partial charge >= 0.3 is 0 Å². The number of anilines is 1. The topological polar surface area (TPSA) is 40.8 Å². The lowest BCUT2D eigenvalue weighted by Gasteiger charge is -2.36. The zero-order valence-electron chi connectivity index (χ0n) is 13.5. The standard InChI is InChI=1S/C19H21N3O/c1-13-10-15-6-3-4-7-16(15)11-22(13)17-8-5-9-21-18(12-23)14(2)20-19(17)21/h3-9,13,23H,10-12H2,1-2H3.